The van der Waals surface area contributed by atoms with Gasteiger partial charge in [0.2, 0.25) is 5.91 Å². The largest absolute Gasteiger partial charge is 0.350 e. The summed E-state index contributed by atoms with van der Waals surface area (Å²) in [6.45, 7) is 2.39. The van der Waals surface area contributed by atoms with E-state index < -0.39 is 0 Å². The molecule has 1 aromatic carbocycles. The molecule has 0 fully saturated rings. The van der Waals surface area contributed by atoms with Gasteiger partial charge in [0.1, 0.15) is 0 Å². The highest BCUT2D eigenvalue weighted by Crippen LogP contribution is 2.33. The Bertz CT molecular complexity index is 1230. The van der Waals surface area contributed by atoms with Crippen LogP contribution in [0.25, 0.3) is 15.9 Å². The fraction of sp³-hybridized carbons (Fsp3) is 0.211. The van der Waals surface area contributed by atoms with Gasteiger partial charge >= 0.3 is 0 Å². The quantitative estimate of drug-likeness (QED) is 0.545. The number of hydrogen-bond donors (Lipinski definition) is 2. The summed E-state index contributed by atoms with van der Waals surface area (Å²) in [5.41, 5.74) is 4.11. The van der Waals surface area contributed by atoms with Gasteiger partial charge in [0, 0.05) is 35.0 Å². The number of H-pyrrole nitrogens is 1. The van der Waals surface area contributed by atoms with Crippen molar-refractivity contribution in [2.75, 3.05) is 0 Å². The first-order valence-electron chi connectivity index (χ1n) is 8.45. The molecule has 5 rings (SSSR count). The normalized spacial score (nSPS) is 17.3. The second-order valence-corrected chi connectivity index (χ2v) is 7.55. The summed E-state index contributed by atoms with van der Waals surface area (Å²) in [4.78, 5) is 33.6. The molecule has 3 aromatic heterocycles. The Hall–Kier alpha value is -2.93. The van der Waals surface area contributed by atoms with Crippen molar-refractivity contribution in [1.29, 1.82) is 0 Å². The third-order valence-electron chi connectivity index (χ3n) is 4.95. The summed E-state index contributed by atoms with van der Waals surface area (Å²) in [6, 6.07) is 7.89. The number of imidazole rings is 1. The standard InChI is InChI=1S/C19H16N4O2S/c1-10-2-3-11-7-13(18(25)21-14(11)6-10)12-8-16(24)20-9-15-17(12)23-4-5-26-19(23)22-15/h2-7,12H,8-9H2,1H3,(H,20,24)(H,21,25)/t12-/m1/s1. The van der Waals surface area contributed by atoms with Crippen molar-refractivity contribution in [3.8, 4) is 0 Å². The zero-order valence-corrected chi connectivity index (χ0v) is 14.9. The van der Waals surface area contributed by atoms with Crippen molar-refractivity contribution >= 4 is 33.1 Å². The van der Waals surface area contributed by atoms with Crippen LogP contribution in [0, 0.1) is 6.92 Å². The van der Waals surface area contributed by atoms with Gasteiger partial charge in [0.05, 0.1) is 17.9 Å². The van der Waals surface area contributed by atoms with Crippen LogP contribution in [0.1, 0.15) is 34.9 Å². The molecule has 0 saturated carbocycles. The molecule has 1 aliphatic heterocycles. The minimum absolute atomic E-state index is 0.0691. The number of pyridine rings is 1. The molecule has 0 radical (unpaired) electrons. The van der Waals surface area contributed by atoms with E-state index in [2.05, 4.69) is 15.3 Å². The van der Waals surface area contributed by atoms with Crippen LogP contribution < -0.4 is 10.9 Å². The summed E-state index contributed by atoms with van der Waals surface area (Å²) >= 11 is 1.55. The van der Waals surface area contributed by atoms with Gasteiger partial charge in [-0.2, -0.15) is 0 Å². The number of fused-ring (bicyclic) bond motifs is 4. The molecule has 0 unspecified atom stereocenters. The average molecular weight is 364 g/mol. The molecule has 2 N–H and O–H groups in total. The van der Waals surface area contributed by atoms with Crippen LogP contribution in [0.4, 0.5) is 0 Å². The van der Waals surface area contributed by atoms with E-state index in [0.717, 1.165) is 32.8 Å². The maximum Gasteiger partial charge on any atom is 0.252 e. The first-order chi connectivity index (χ1) is 12.6. The number of hydrogen-bond acceptors (Lipinski definition) is 4. The average Bonchev–Trinajstić information content (AvgIpc) is 3.14. The molecule has 4 heterocycles. The lowest BCUT2D eigenvalue weighted by Crippen LogP contribution is -2.24. The second-order valence-electron chi connectivity index (χ2n) is 6.68. The number of aromatic nitrogens is 3. The van der Waals surface area contributed by atoms with Gasteiger partial charge in [0.15, 0.2) is 4.96 Å². The Morgan fingerprint density at radius 1 is 1.27 bits per heavy atom. The van der Waals surface area contributed by atoms with Gasteiger partial charge in [-0.15, -0.1) is 11.3 Å². The Labute approximate surface area is 152 Å². The molecule has 1 atom stereocenters. The van der Waals surface area contributed by atoms with Crippen LogP contribution in [-0.2, 0) is 11.3 Å². The number of rotatable bonds is 1. The van der Waals surface area contributed by atoms with E-state index in [4.69, 9.17) is 0 Å². The summed E-state index contributed by atoms with van der Waals surface area (Å²) in [6.07, 6.45) is 2.18. The predicted molar refractivity (Wildman–Crippen MR) is 101 cm³/mol. The highest BCUT2D eigenvalue weighted by molar-refractivity contribution is 7.15. The van der Waals surface area contributed by atoms with Gasteiger partial charge < -0.3 is 10.3 Å². The number of amides is 1. The number of thiazole rings is 1. The molecule has 1 amide bonds. The van der Waals surface area contributed by atoms with Gasteiger partial charge in [-0.1, -0.05) is 12.1 Å². The molecule has 130 valence electrons. The maximum atomic E-state index is 12.9. The molecule has 0 spiro atoms. The lowest BCUT2D eigenvalue weighted by atomic mass is 9.91. The van der Waals surface area contributed by atoms with E-state index in [1.807, 2.05) is 47.2 Å². The van der Waals surface area contributed by atoms with E-state index in [0.29, 0.717) is 12.1 Å². The minimum atomic E-state index is -0.327. The third kappa shape index (κ3) is 2.28. The van der Waals surface area contributed by atoms with Crippen molar-refractivity contribution in [3.63, 3.8) is 0 Å². The van der Waals surface area contributed by atoms with Crippen LogP contribution in [0.15, 0.2) is 40.6 Å². The van der Waals surface area contributed by atoms with Crippen LogP contribution in [0.3, 0.4) is 0 Å². The van der Waals surface area contributed by atoms with Crippen molar-refractivity contribution in [2.45, 2.75) is 25.8 Å². The van der Waals surface area contributed by atoms with Crippen molar-refractivity contribution < 1.29 is 4.79 Å². The molecule has 6 nitrogen and oxygen atoms in total. The Kier molecular flexibility index (Phi) is 3.27. The van der Waals surface area contributed by atoms with E-state index in [1.54, 1.807) is 11.3 Å². The first-order valence-corrected chi connectivity index (χ1v) is 9.33. The smallest absolute Gasteiger partial charge is 0.252 e. The molecule has 0 aliphatic carbocycles. The second kappa shape index (κ2) is 5.54. The summed E-state index contributed by atoms with van der Waals surface area (Å²) in [5.74, 6) is -0.396. The molecular weight excluding hydrogens is 348 g/mol. The van der Waals surface area contributed by atoms with Gasteiger partial charge in [-0.3, -0.25) is 14.0 Å². The summed E-state index contributed by atoms with van der Waals surface area (Å²) in [5, 5.41) is 5.82. The third-order valence-corrected chi connectivity index (χ3v) is 5.71. The highest BCUT2D eigenvalue weighted by Gasteiger charge is 2.30. The van der Waals surface area contributed by atoms with Crippen LogP contribution in [0.2, 0.25) is 0 Å². The minimum Gasteiger partial charge on any atom is -0.350 e. The van der Waals surface area contributed by atoms with Gasteiger partial charge in [-0.05, 0) is 30.0 Å². The number of carbonyl (C=O) groups is 1. The number of aromatic amines is 1. The number of nitrogens with one attached hydrogen (secondary N) is 2. The van der Waals surface area contributed by atoms with E-state index >= 15 is 0 Å². The fourth-order valence-electron chi connectivity index (χ4n) is 3.73. The molecular formula is C19H16N4O2S. The Balaban J connectivity index is 1.77. The van der Waals surface area contributed by atoms with Gasteiger partial charge in [0.25, 0.3) is 5.56 Å². The summed E-state index contributed by atoms with van der Waals surface area (Å²) < 4.78 is 2.00. The zero-order chi connectivity index (χ0) is 17.8. The number of aryl methyl sites for hydroxylation is 1. The predicted octanol–water partition coefficient (Wildman–Crippen LogP) is 2.70. The lowest BCUT2D eigenvalue weighted by Gasteiger charge is -2.15. The van der Waals surface area contributed by atoms with E-state index in [1.165, 1.54) is 0 Å². The highest BCUT2D eigenvalue weighted by atomic mass is 32.1. The topological polar surface area (TPSA) is 79.3 Å². The van der Waals surface area contributed by atoms with Crippen LogP contribution >= 0.6 is 11.3 Å². The molecule has 0 saturated heterocycles. The van der Waals surface area contributed by atoms with E-state index in [9.17, 15) is 9.59 Å². The van der Waals surface area contributed by atoms with Crippen molar-refractivity contribution in [2.24, 2.45) is 0 Å². The monoisotopic (exact) mass is 364 g/mol. The number of carbonyl (C=O) groups excluding carboxylic acids is 1. The van der Waals surface area contributed by atoms with Gasteiger partial charge in [-0.25, -0.2) is 4.98 Å². The Morgan fingerprint density at radius 2 is 2.15 bits per heavy atom. The number of nitrogens with zero attached hydrogens (tertiary/aromatic N) is 2. The molecule has 26 heavy (non-hydrogen) atoms. The SMILES string of the molecule is Cc1ccc2cc([C@H]3CC(=O)NCc4nc5sccn5c43)c(=O)[nH]c2c1. The lowest BCUT2D eigenvalue weighted by molar-refractivity contribution is -0.121. The molecule has 7 heteroatoms. The zero-order valence-electron chi connectivity index (χ0n) is 14.1. The van der Waals surface area contributed by atoms with Crippen LogP contribution in [-0.4, -0.2) is 20.3 Å². The maximum absolute atomic E-state index is 12.9. The molecule has 0 bridgehead atoms. The molecule has 4 aromatic rings. The Morgan fingerprint density at radius 3 is 3.04 bits per heavy atom. The number of benzene rings is 1. The van der Waals surface area contributed by atoms with E-state index in [-0.39, 0.29) is 23.8 Å². The van der Waals surface area contributed by atoms with Crippen molar-refractivity contribution in [1.82, 2.24) is 19.7 Å². The first kappa shape index (κ1) is 15.3. The summed E-state index contributed by atoms with van der Waals surface area (Å²) in [7, 11) is 0. The van der Waals surface area contributed by atoms with Crippen LogP contribution in [0.5, 0.6) is 0 Å². The fourth-order valence-corrected chi connectivity index (χ4v) is 4.47. The van der Waals surface area contributed by atoms with Crippen molar-refractivity contribution in [3.05, 3.63) is 68.7 Å². The molecule has 1 aliphatic rings.